The molecule has 0 amide bonds. The van der Waals surface area contributed by atoms with Crippen molar-refractivity contribution in [1.29, 1.82) is 0 Å². The number of nitrogens with one attached hydrogen (secondary N) is 2. The summed E-state index contributed by atoms with van der Waals surface area (Å²) < 4.78 is 84.9. The smallest absolute Gasteiger partial charge is 0.417 e. The van der Waals surface area contributed by atoms with Gasteiger partial charge in [0.05, 0.1) is 40.7 Å². The summed E-state index contributed by atoms with van der Waals surface area (Å²) in [7, 11) is -0.159. The molecule has 1 aliphatic heterocycles. The predicted octanol–water partition coefficient (Wildman–Crippen LogP) is 5.80. The number of pyridine rings is 1. The molecule has 2 heterocycles. The maximum Gasteiger partial charge on any atom is 0.417 e. The standard InChI is InChI=1S/C29H32F4N4O3S/c1-18(29(31,32)33)28-21-8-5-9-24(36-25-12-14-37(2)17-23(25)30)22(21)15-19(35-28)7-6-13-34-26-11-10-20(41(4,38)39)16-27(26)40-3/h5-11,15-16,23,25,34,36H,1,12-14,17H2,2-4H3/b7-6+/t23?,25-/m1/s1. The Morgan fingerprint density at radius 2 is 1.95 bits per heavy atom. The van der Waals surface area contributed by atoms with Gasteiger partial charge in [0, 0.05) is 48.4 Å². The van der Waals surface area contributed by atoms with Gasteiger partial charge in [-0.05, 0) is 43.8 Å². The summed E-state index contributed by atoms with van der Waals surface area (Å²) in [5, 5.41) is 7.03. The summed E-state index contributed by atoms with van der Waals surface area (Å²) in [4.78, 5) is 6.27. The van der Waals surface area contributed by atoms with Gasteiger partial charge in [-0.25, -0.2) is 17.8 Å². The molecule has 3 aromatic rings. The summed E-state index contributed by atoms with van der Waals surface area (Å²) in [5.41, 5.74) is -0.0706. The first-order valence-electron chi connectivity index (χ1n) is 12.9. The highest BCUT2D eigenvalue weighted by Gasteiger charge is 2.35. The van der Waals surface area contributed by atoms with E-state index in [4.69, 9.17) is 4.74 Å². The van der Waals surface area contributed by atoms with E-state index in [2.05, 4.69) is 22.2 Å². The van der Waals surface area contributed by atoms with Crippen molar-refractivity contribution in [2.45, 2.75) is 29.7 Å². The Balaban J connectivity index is 1.64. The van der Waals surface area contributed by atoms with Crippen molar-refractivity contribution in [3.63, 3.8) is 0 Å². The summed E-state index contributed by atoms with van der Waals surface area (Å²) in [6, 6.07) is 10.5. The lowest BCUT2D eigenvalue weighted by atomic mass is 9.99. The Labute approximate surface area is 236 Å². The van der Waals surface area contributed by atoms with Crippen LogP contribution < -0.4 is 15.4 Å². The van der Waals surface area contributed by atoms with Crippen LogP contribution in [0.2, 0.25) is 0 Å². The molecule has 0 radical (unpaired) electrons. The summed E-state index contributed by atoms with van der Waals surface area (Å²) in [6.07, 6.45) is -0.942. The van der Waals surface area contributed by atoms with Crippen molar-refractivity contribution in [1.82, 2.24) is 9.88 Å². The summed E-state index contributed by atoms with van der Waals surface area (Å²) in [6.45, 7) is 4.47. The molecule has 0 aliphatic carbocycles. The number of rotatable bonds is 9. The number of benzene rings is 2. The monoisotopic (exact) mass is 592 g/mol. The molecule has 1 aromatic heterocycles. The molecule has 0 saturated carbocycles. The second kappa shape index (κ2) is 12.1. The quantitative estimate of drug-likeness (QED) is 0.304. The van der Waals surface area contributed by atoms with E-state index in [1.165, 1.54) is 19.2 Å². The van der Waals surface area contributed by atoms with Gasteiger partial charge < -0.3 is 20.3 Å². The Morgan fingerprint density at radius 1 is 1.20 bits per heavy atom. The first-order chi connectivity index (χ1) is 19.3. The van der Waals surface area contributed by atoms with E-state index in [0.29, 0.717) is 35.5 Å². The molecule has 2 aromatic carbocycles. The van der Waals surface area contributed by atoms with Gasteiger partial charge in [0.1, 0.15) is 11.9 Å². The molecular weight excluding hydrogens is 560 g/mol. The van der Waals surface area contributed by atoms with E-state index in [9.17, 15) is 26.0 Å². The van der Waals surface area contributed by atoms with Gasteiger partial charge in [-0.2, -0.15) is 13.2 Å². The number of likely N-dealkylation sites (tertiary alicyclic amines) is 1. The van der Waals surface area contributed by atoms with Crippen LogP contribution in [0.3, 0.4) is 0 Å². The van der Waals surface area contributed by atoms with Crippen LogP contribution in [0.15, 0.2) is 60.0 Å². The SMILES string of the molecule is C=C(c1nc(/C=C/CNc2ccc(S(C)(=O)=O)cc2OC)cc2c(N[C@@H]3CCN(C)CC3F)cccc12)C(F)(F)F. The molecule has 7 nitrogen and oxygen atoms in total. The zero-order valence-corrected chi connectivity index (χ0v) is 23.7. The lowest BCUT2D eigenvalue weighted by Crippen LogP contribution is -2.46. The minimum atomic E-state index is -4.69. The van der Waals surface area contributed by atoms with Crippen molar-refractivity contribution < 1.29 is 30.7 Å². The van der Waals surface area contributed by atoms with E-state index < -0.39 is 33.8 Å². The molecule has 4 rings (SSSR count). The average Bonchev–Trinajstić information content (AvgIpc) is 2.91. The summed E-state index contributed by atoms with van der Waals surface area (Å²) in [5.74, 6) is 0.324. The maximum atomic E-state index is 14.8. The van der Waals surface area contributed by atoms with E-state index in [-0.39, 0.29) is 34.8 Å². The zero-order valence-electron chi connectivity index (χ0n) is 22.9. The number of alkyl halides is 4. The minimum absolute atomic E-state index is 0.108. The zero-order chi connectivity index (χ0) is 29.9. The van der Waals surface area contributed by atoms with Crippen molar-refractivity contribution >= 4 is 43.6 Å². The molecule has 41 heavy (non-hydrogen) atoms. The number of sulfone groups is 1. The molecule has 12 heteroatoms. The number of aromatic nitrogens is 1. The lowest BCUT2D eigenvalue weighted by molar-refractivity contribution is -0.0688. The predicted molar refractivity (Wildman–Crippen MR) is 155 cm³/mol. The molecule has 0 spiro atoms. The van der Waals surface area contributed by atoms with Crippen LogP contribution in [0, 0.1) is 0 Å². The highest BCUT2D eigenvalue weighted by Crippen LogP contribution is 2.37. The number of halogens is 4. The molecule has 2 N–H and O–H groups in total. The molecule has 1 saturated heterocycles. The van der Waals surface area contributed by atoms with Crippen LogP contribution in [0.25, 0.3) is 22.4 Å². The Bertz CT molecular complexity index is 1570. The number of hydrogen-bond donors (Lipinski definition) is 2. The highest BCUT2D eigenvalue weighted by atomic mass is 32.2. The number of allylic oxidation sites excluding steroid dienone is 1. The Kier molecular flexibility index (Phi) is 8.93. The van der Waals surface area contributed by atoms with Gasteiger partial charge in [0.25, 0.3) is 0 Å². The van der Waals surface area contributed by atoms with Gasteiger partial charge in [0.15, 0.2) is 9.84 Å². The Hall–Kier alpha value is -3.64. The topological polar surface area (TPSA) is 83.6 Å². The third-order valence-corrected chi connectivity index (χ3v) is 8.02. The van der Waals surface area contributed by atoms with Gasteiger partial charge in [-0.1, -0.05) is 24.8 Å². The Morgan fingerprint density at radius 3 is 2.61 bits per heavy atom. The third-order valence-electron chi connectivity index (χ3n) is 6.91. The van der Waals surface area contributed by atoms with Gasteiger partial charge in [0.2, 0.25) is 0 Å². The number of methoxy groups -OCH3 is 1. The van der Waals surface area contributed by atoms with E-state index in [1.54, 1.807) is 42.5 Å². The first kappa shape index (κ1) is 30.3. The van der Waals surface area contributed by atoms with Crippen LogP contribution in [-0.2, 0) is 9.84 Å². The number of anilines is 2. The fourth-order valence-corrected chi connectivity index (χ4v) is 5.32. The van der Waals surface area contributed by atoms with Gasteiger partial charge >= 0.3 is 6.18 Å². The third kappa shape index (κ3) is 7.17. The highest BCUT2D eigenvalue weighted by molar-refractivity contribution is 7.90. The van der Waals surface area contributed by atoms with E-state index in [0.717, 1.165) is 6.26 Å². The van der Waals surface area contributed by atoms with Crippen molar-refractivity contribution in [3.05, 3.63) is 66.5 Å². The van der Waals surface area contributed by atoms with Crippen LogP contribution in [-0.4, -0.2) is 76.7 Å². The minimum Gasteiger partial charge on any atom is -0.495 e. The molecule has 1 aliphatic rings. The van der Waals surface area contributed by atoms with Crippen molar-refractivity contribution in [2.24, 2.45) is 0 Å². The van der Waals surface area contributed by atoms with E-state index >= 15 is 0 Å². The fourth-order valence-electron chi connectivity index (χ4n) is 4.69. The number of ether oxygens (including phenoxy) is 1. The molecule has 0 bridgehead atoms. The normalized spacial score (nSPS) is 18.5. The number of hydrogen-bond acceptors (Lipinski definition) is 7. The van der Waals surface area contributed by atoms with Crippen molar-refractivity contribution in [3.8, 4) is 5.75 Å². The van der Waals surface area contributed by atoms with Crippen molar-refractivity contribution in [2.75, 3.05) is 50.7 Å². The second-order valence-electron chi connectivity index (χ2n) is 10.0. The van der Waals surface area contributed by atoms with Crippen LogP contribution in [0.5, 0.6) is 5.75 Å². The molecule has 1 unspecified atom stereocenters. The second-order valence-corrected chi connectivity index (χ2v) is 12.0. The fraction of sp³-hybridized carbons (Fsp3) is 0.345. The van der Waals surface area contributed by atoms with Crippen LogP contribution in [0.1, 0.15) is 17.8 Å². The molecule has 220 valence electrons. The molecule has 1 fully saturated rings. The van der Waals surface area contributed by atoms with Crippen LogP contribution >= 0.6 is 0 Å². The summed E-state index contributed by atoms with van der Waals surface area (Å²) >= 11 is 0. The average molecular weight is 593 g/mol. The largest absolute Gasteiger partial charge is 0.495 e. The van der Waals surface area contributed by atoms with Gasteiger partial charge in [-0.3, -0.25) is 0 Å². The lowest BCUT2D eigenvalue weighted by Gasteiger charge is -2.33. The van der Waals surface area contributed by atoms with E-state index in [1.807, 2.05) is 11.9 Å². The van der Waals surface area contributed by atoms with Gasteiger partial charge in [-0.15, -0.1) is 0 Å². The number of nitrogens with zero attached hydrogens (tertiary/aromatic N) is 2. The van der Waals surface area contributed by atoms with Crippen LogP contribution in [0.4, 0.5) is 28.9 Å². The number of piperidine rings is 1. The molecule has 2 atom stereocenters. The molecular formula is C29H32F4N4O3S. The first-order valence-corrected chi connectivity index (χ1v) is 14.7. The maximum absolute atomic E-state index is 14.8. The number of fused-ring (bicyclic) bond motifs is 1.